The third kappa shape index (κ3) is 6.80. The summed E-state index contributed by atoms with van der Waals surface area (Å²) in [4.78, 5) is 37.9. The largest absolute Gasteiger partial charge is 0.493 e. The third-order valence-electron chi connectivity index (χ3n) is 5.20. The minimum atomic E-state index is -0.891. The van der Waals surface area contributed by atoms with Gasteiger partial charge in [-0.15, -0.1) is 0 Å². The van der Waals surface area contributed by atoms with Crippen LogP contribution in [0.15, 0.2) is 47.6 Å². The van der Waals surface area contributed by atoms with Crippen LogP contribution in [0.4, 0.5) is 5.69 Å². The molecule has 0 atom stereocenters. The van der Waals surface area contributed by atoms with Gasteiger partial charge in [0.15, 0.2) is 18.1 Å². The molecule has 1 fully saturated rings. The molecular weight excluding hydrogens is 424 g/mol. The number of aryl methyl sites for hydroxylation is 1. The second-order valence-corrected chi connectivity index (χ2v) is 7.49. The number of hydrogen-bond acceptors (Lipinski definition) is 6. The Bertz CT molecular complexity index is 1010. The second-order valence-electron chi connectivity index (χ2n) is 7.49. The van der Waals surface area contributed by atoms with Gasteiger partial charge < -0.3 is 19.7 Å². The first-order valence-electron chi connectivity index (χ1n) is 10.8. The average Bonchev–Trinajstić information content (AvgIpc) is 3.38. The Morgan fingerprint density at radius 1 is 1.03 bits per heavy atom. The molecule has 0 spiro atoms. The van der Waals surface area contributed by atoms with Crippen molar-refractivity contribution in [3.63, 3.8) is 0 Å². The topological polar surface area (TPSA) is 109 Å². The molecule has 1 heterocycles. The smallest absolute Gasteiger partial charge is 0.329 e. The van der Waals surface area contributed by atoms with Crippen LogP contribution in [0.25, 0.3) is 0 Å². The summed E-state index contributed by atoms with van der Waals surface area (Å²) in [6.07, 6.45) is 4.31. The van der Waals surface area contributed by atoms with Crippen LogP contribution in [0.3, 0.4) is 0 Å². The summed E-state index contributed by atoms with van der Waals surface area (Å²) in [5.41, 5.74) is 4.46. The molecular formula is C24H28N4O5. The number of rotatable bonds is 8. The third-order valence-corrected chi connectivity index (χ3v) is 5.20. The van der Waals surface area contributed by atoms with Crippen LogP contribution >= 0.6 is 0 Å². The van der Waals surface area contributed by atoms with E-state index in [1.807, 2.05) is 19.1 Å². The number of carbonyl (C=O) groups excluding carboxylic acids is 3. The minimum absolute atomic E-state index is 0.0533. The maximum atomic E-state index is 12.2. The van der Waals surface area contributed by atoms with Crippen molar-refractivity contribution in [2.24, 2.45) is 5.10 Å². The van der Waals surface area contributed by atoms with Crippen molar-refractivity contribution in [2.75, 3.05) is 32.1 Å². The van der Waals surface area contributed by atoms with Crippen LogP contribution in [-0.2, 0) is 20.8 Å². The van der Waals surface area contributed by atoms with Gasteiger partial charge in [0, 0.05) is 18.8 Å². The molecule has 0 bridgehead atoms. The number of benzene rings is 2. The molecule has 1 aliphatic rings. The van der Waals surface area contributed by atoms with Gasteiger partial charge in [0.05, 0.1) is 13.3 Å². The number of methoxy groups -OCH3 is 1. The summed E-state index contributed by atoms with van der Waals surface area (Å²) >= 11 is 0. The lowest BCUT2D eigenvalue weighted by atomic mass is 10.1. The molecule has 3 amide bonds. The fourth-order valence-electron chi connectivity index (χ4n) is 3.31. The molecule has 3 rings (SSSR count). The predicted molar refractivity (Wildman–Crippen MR) is 124 cm³/mol. The van der Waals surface area contributed by atoms with Crippen LogP contribution in [-0.4, -0.2) is 55.6 Å². The Morgan fingerprint density at radius 3 is 2.42 bits per heavy atom. The Kier molecular flexibility index (Phi) is 8.40. The average molecular weight is 453 g/mol. The zero-order valence-electron chi connectivity index (χ0n) is 18.8. The zero-order chi connectivity index (χ0) is 23.6. The maximum absolute atomic E-state index is 12.2. The van der Waals surface area contributed by atoms with Crippen LogP contribution in [0.2, 0.25) is 0 Å². The number of hydrogen-bond donors (Lipinski definition) is 2. The van der Waals surface area contributed by atoms with E-state index in [9.17, 15) is 14.4 Å². The van der Waals surface area contributed by atoms with E-state index in [1.54, 1.807) is 35.2 Å². The number of ether oxygens (including phenoxy) is 2. The van der Waals surface area contributed by atoms with Crippen LogP contribution in [0.1, 0.15) is 30.9 Å². The Balaban J connectivity index is 1.51. The van der Waals surface area contributed by atoms with Crippen molar-refractivity contribution in [1.82, 2.24) is 10.3 Å². The minimum Gasteiger partial charge on any atom is -0.493 e. The highest BCUT2D eigenvalue weighted by Crippen LogP contribution is 2.27. The number of likely N-dealkylation sites (tertiary alicyclic amines) is 1. The summed E-state index contributed by atoms with van der Waals surface area (Å²) in [5.74, 6) is -0.909. The van der Waals surface area contributed by atoms with Gasteiger partial charge in [-0.2, -0.15) is 5.10 Å². The van der Waals surface area contributed by atoms with Crippen LogP contribution in [0, 0.1) is 0 Å². The van der Waals surface area contributed by atoms with Crippen molar-refractivity contribution < 1.29 is 23.9 Å². The van der Waals surface area contributed by atoms with E-state index in [4.69, 9.17) is 9.47 Å². The fraction of sp³-hybridized carbons (Fsp3) is 0.333. The van der Waals surface area contributed by atoms with Crippen molar-refractivity contribution in [3.8, 4) is 11.5 Å². The van der Waals surface area contributed by atoms with Crippen molar-refractivity contribution in [2.45, 2.75) is 26.2 Å². The Hall–Kier alpha value is -3.88. The van der Waals surface area contributed by atoms with Crippen molar-refractivity contribution in [1.29, 1.82) is 0 Å². The molecule has 2 aromatic carbocycles. The van der Waals surface area contributed by atoms with Gasteiger partial charge in [-0.25, -0.2) is 5.43 Å². The van der Waals surface area contributed by atoms with E-state index in [2.05, 4.69) is 15.8 Å². The Labute approximate surface area is 192 Å². The molecule has 0 aliphatic carbocycles. The van der Waals surface area contributed by atoms with Gasteiger partial charge in [-0.3, -0.25) is 14.4 Å². The van der Waals surface area contributed by atoms with Gasteiger partial charge in [-0.1, -0.05) is 19.1 Å². The summed E-state index contributed by atoms with van der Waals surface area (Å²) in [6.45, 7) is 3.51. The number of amides is 3. The number of carbonyl (C=O) groups is 3. The summed E-state index contributed by atoms with van der Waals surface area (Å²) in [5, 5.41) is 6.34. The molecule has 1 aliphatic heterocycles. The van der Waals surface area contributed by atoms with Gasteiger partial charge in [0.2, 0.25) is 0 Å². The normalized spacial score (nSPS) is 13.1. The van der Waals surface area contributed by atoms with Gasteiger partial charge >= 0.3 is 11.8 Å². The molecule has 1 saturated heterocycles. The van der Waals surface area contributed by atoms with Gasteiger partial charge in [0.1, 0.15) is 0 Å². The predicted octanol–water partition coefficient (Wildman–Crippen LogP) is 2.35. The van der Waals surface area contributed by atoms with Crippen molar-refractivity contribution >= 4 is 29.6 Å². The van der Waals surface area contributed by atoms with E-state index in [0.29, 0.717) is 22.7 Å². The van der Waals surface area contributed by atoms with E-state index < -0.39 is 11.8 Å². The maximum Gasteiger partial charge on any atom is 0.329 e. The Morgan fingerprint density at radius 2 is 1.76 bits per heavy atom. The van der Waals surface area contributed by atoms with E-state index in [-0.39, 0.29) is 12.5 Å². The van der Waals surface area contributed by atoms with Gasteiger partial charge in [-0.05, 0) is 60.7 Å². The number of nitrogens with one attached hydrogen (secondary N) is 2. The van der Waals surface area contributed by atoms with E-state index in [1.165, 1.54) is 13.3 Å². The first-order valence-corrected chi connectivity index (χ1v) is 10.8. The lowest BCUT2D eigenvalue weighted by Gasteiger charge is -2.16. The highest BCUT2D eigenvalue weighted by molar-refractivity contribution is 6.39. The number of nitrogens with zero attached hydrogens (tertiary/aromatic N) is 2. The van der Waals surface area contributed by atoms with E-state index in [0.717, 1.165) is 37.9 Å². The zero-order valence-corrected chi connectivity index (χ0v) is 18.8. The monoisotopic (exact) mass is 452 g/mol. The molecule has 0 radical (unpaired) electrons. The lowest BCUT2D eigenvalue weighted by molar-refractivity contribution is -0.136. The lowest BCUT2D eigenvalue weighted by Crippen LogP contribution is -2.32. The first kappa shape index (κ1) is 23.8. The highest BCUT2D eigenvalue weighted by Gasteiger charge is 2.19. The summed E-state index contributed by atoms with van der Waals surface area (Å²) in [7, 11) is 1.49. The molecule has 33 heavy (non-hydrogen) atoms. The molecule has 174 valence electrons. The summed E-state index contributed by atoms with van der Waals surface area (Å²) in [6, 6.07) is 12.3. The molecule has 0 unspecified atom stereocenters. The number of hydrazone groups is 1. The van der Waals surface area contributed by atoms with Crippen LogP contribution in [0.5, 0.6) is 11.5 Å². The number of anilines is 1. The molecule has 2 aromatic rings. The highest BCUT2D eigenvalue weighted by atomic mass is 16.5. The van der Waals surface area contributed by atoms with E-state index >= 15 is 0 Å². The standard InChI is InChI=1S/C24H28N4O5/c1-3-17-6-9-19(10-7-17)26-23(30)24(31)27-25-15-18-8-11-20(21(14-18)32-2)33-16-22(29)28-12-4-5-13-28/h6-11,14-15H,3-5,12-13,16H2,1-2H3,(H,26,30)(H,27,31)/b25-15-. The quantitative estimate of drug-likeness (QED) is 0.363. The SMILES string of the molecule is CCc1ccc(NC(=O)C(=O)N/N=C\c2ccc(OCC(=O)N3CCCC3)c(OC)c2)cc1. The molecule has 9 heteroatoms. The van der Waals surface area contributed by atoms with Crippen molar-refractivity contribution in [3.05, 3.63) is 53.6 Å². The molecule has 9 nitrogen and oxygen atoms in total. The van der Waals surface area contributed by atoms with Gasteiger partial charge in [0.25, 0.3) is 5.91 Å². The molecule has 0 aromatic heterocycles. The fourth-order valence-corrected chi connectivity index (χ4v) is 3.31. The summed E-state index contributed by atoms with van der Waals surface area (Å²) < 4.78 is 10.9. The molecule has 0 saturated carbocycles. The second kappa shape index (κ2) is 11.7. The van der Waals surface area contributed by atoms with Crippen LogP contribution < -0.4 is 20.2 Å². The first-order chi connectivity index (χ1) is 16.0. The molecule has 2 N–H and O–H groups in total.